The van der Waals surface area contributed by atoms with Crippen LogP contribution in [0.2, 0.25) is 0 Å². The van der Waals surface area contributed by atoms with E-state index in [9.17, 15) is 4.79 Å². The van der Waals surface area contributed by atoms with Gasteiger partial charge in [0.1, 0.15) is 0 Å². The van der Waals surface area contributed by atoms with Crippen LogP contribution < -0.4 is 10.9 Å². The van der Waals surface area contributed by atoms with Gasteiger partial charge in [0.25, 0.3) is 0 Å². The lowest BCUT2D eigenvalue weighted by Crippen LogP contribution is -2.18. The zero-order valence-electron chi connectivity index (χ0n) is 4.50. The average Bonchev–Trinajstić information content (AvgIpc) is 2.34. The molecule has 2 N–H and O–H groups in total. The number of nitrogens with zero attached hydrogens (tertiary/aromatic N) is 1. The van der Waals surface area contributed by atoms with E-state index >= 15 is 0 Å². The highest BCUT2D eigenvalue weighted by Gasteiger charge is 1.87. The lowest BCUT2D eigenvalue weighted by atomic mass is 11.0. The number of rotatable bonds is 3. The van der Waals surface area contributed by atoms with Gasteiger partial charge in [0.2, 0.25) is 11.5 Å². The van der Waals surface area contributed by atoms with Crippen LogP contribution in [-0.2, 0) is 4.79 Å². The van der Waals surface area contributed by atoms with Crippen LogP contribution in [0.15, 0.2) is 11.6 Å². The quantitative estimate of drug-likeness (QED) is 0.470. The molecule has 1 amide bonds. The van der Waals surface area contributed by atoms with Gasteiger partial charge in [-0.3, -0.25) is 15.6 Å². The van der Waals surface area contributed by atoms with Crippen LogP contribution in [0.25, 0.3) is 0 Å². The first-order chi connectivity index (χ1) is 4.43. The summed E-state index contributed by atoms with van der Waals surface area (Å²) in [4.78, 5) is 13.5. The van der Waals surface area contributed by atoms with Gasteiger partial charge >= 0.3 is 0 Å². The van der Waals surface area contributed by atoms with E-state index in [-0.39, 0.29) is 0 Å². The number of hydrogen-bond acceptors (Lipinski definition) is 4. The maximum absolute atomic E-state index is 9.70. The Morgan fingerprint density at radius 2 is 2.67 bits per heavy atom. The van der Waals surface area contributed by atoms with Crippen molar-refractivity contribution in [2.45, 2.75) is 0 Å². The van der Waals surface area contributed by atoms with Gasteiger partial charge in [-0.25, -0.2) is 4.98 Å². The third kappa shape index (κ3) is 1.69. The van der Waals surface area contributed by atoms with E-state index in [0.29, 0.717) is 11.5 Å². The van der Waals surface area contributed by atoms with E-state index in [4.69, 9.17) is 0 Å². The molecule has 0 aromatic carbocycles. The number of nitrogens with one attached hydrogen (secondary N) is 2. The van der Waals surface area contributed by atoms with E-state index in [0.717, 1.165) is 0 Å². The van der Waals surface area contributed by atoms with Gasteiger partial charge < -0.3 is 0 Å². The standard InChI is InChI=1S/C4H5N3OS/c8-3-6-7-4-5-1-2-9-4/h1-3H,(H,5,7)(H,6,8). The number of thiazole rings is 1. The molecular weight excluding hydrogens is 138 g/mol. The molecule has 0 aliphatic heterocycles. The molecule has 0 unspecified atom stereocenters. The molecule has 0 bridgehead atoms. The van der Waals surface area contributed by atoms with Crippen molar-refractivity contribution in [1.82, 2.24) is 10.4 Å². The summed E-state index contributed by atoms with van der Waals surface area (Å²) in [7, 11) is 0. The van der Waals surface area contributed by atoms with Crippen LogP contribution in [0.1, 0.15) is 0 Å². The summed E-state index contributed by atoms with van der Waals surface area (Å²) in [5.41, 5.74) is 4.83. The van der Waals surface area contributed by atoms with Crippen LogP contribution in [0.4, 0.5) is 5.13 Å². The van der Waals surface area contributed by atoms with Crippen molar-refractivity contribution >= 4 is 22.9 Å². The van der Waals surface area contributed by atoms with E-state index in [1.54, 1.807) is 6.20 Å². The Kier molecular flexibility index (Phi) is 2.03. The minimum Gasteiger partial charge on any atom is -0.277 e. The van der Waals surface area contributed by atoms with E-state index in [2.05, 4.69) is 15.8 Å². The Hall–Kier alpha value is -1.10. The van der Waals surface area contributed by atoms with Crippen molar-refractivity contribution in [2.24, 2.45) is 0 Å². The molecule has 4 nitrogen and oxygen atoms in total. The van der Waals surface area contributed by atoms with Crippen LogP contribution in [0.5, 0.6) is 0 Å². The largest absolute Gasteiger partial charge is 0.277 e. The molecule has 0 radical (unpaired) electrons. The van der Waals surface area contributed by atoms with Crippen molar-refractivity contribution in [3.05, 3.63) is 11.6 Å². The van der Waals surface area contributed by atoms with Crippen LogP contribution >= 0.6 is 11.3 Å². The third-order valence-electron chi connectivity index (χ3n) is 0.670. The molecule has 0 aliphatic rings. The second-order valence-corrected chi connectivity index (χ2v) is 2.12. The Bertz CT molecular complexity index is 174. The number of anilines is 1. The summed E-state index contributed by atoms with van der Waals surface area (Å²) in [5.74, 6) is 0. The molecule has 0 aliphatic carbocycles. The number of hydrazine groups is 1. The minimum absolute atomic E-state index is 0.557. The van der Waals surface area contributed by atoms with Crippen molar-refractivity contribution in [3.8, 4) is 0 Å². The normalized spacial score (nSPS) is 8.44. The van der Waals surface area contributed by atoms with Gasteiger partial charge in [-0.05, 0) is 0 Å². The van der Waals surface area contributed by atoms with Crippen molar-refractivity contribution in [1.29, 1.82) is 0 Å². The Morgan fingerprint density at radius 1 is 1.78 bits per heavy atom. The molecule has 1 rings (SSSR count). The van der Waals surface area contributed by atoms with Crippen LogP contribution in [0.3, 0.4) is 0 Å². The fourth-order valence-corrected chi connectivity index (χ4v) is 0.867. The molecule has 0 spiro atoms. The van der Waals surface area contributed by atoms with Gasteiger partial charge in [0.15, 0.2) is 0 Å². The summed E-state index contributed by atoms with van der Waals surface area (Å²) in [5, 5.41) is 2.50. The highest BCUT2D eigenvalue weighted by molar-refractivity contribution is 7.13. The number of hydrogen-bond donors (Lipinski definition) is 2. The Labute approximate surface area is 55.9 Å². The van der Waals surface area contributed by atoms with Crippen molar-refractivity contribution < 1.29 is 4.79 Å². The van der Waals surface area contributed by atoms with E-state index < -0.39 is 0 Å². The second-order valence-electron chi connectivity index (χ2n) is 1.22. The highest BCUT2D eigenvalue weighted by Crippen LogP contribution is 2.07. The summed E-state index contributed by atoms with van der Waals surface area (Å²) < 4.78 is 0. The molecule has 0 saturated heterocycles. The highest BCUT2D eigenvalue weighted by atomic mass is 32.1. The minimum atomic E-state index is 0.557. The van der Waals surface area contributed by atoms with E-state index in [1.807, 2.05) is 5.38 Å². The Morgan fingerprint density at radius 3 is 3.22 bits per heavy atom. The topological polar surface area (TPSA) is 54.0 Å². The van der Waals surface area contributed by atoms with Gasteiger partial charge in [-0.1, -0.05) is 0 Å². The molecule has 0 fully saturated rings. The first kappa shape index (κ1) is 6.03. The monoisotopic (exact) mass is 143 g/mol. The number of aromatic nitrogens is 1. The molecule has 48 valence electrons. The summed E-state index contributed by atoms with van der Waals surface area (Å²) >= 11 is 1.42. The summed E-state index contributed by atoms with van der Waals surface area (Å²) in [6, 6.07) is 0. The second kappa shape index (κ2) is 3.03. The molecule has 1 heterocycles. The zero-order valence-corrected chi connectivity index (χ0v) is 5.31. The molecule has 0 atom stereocenters. The lowest BCUT2D eigenvalue weighted by Gasteiger charge is -1.94. The SMILES string of the molecule is O=CNNc1nccs1. The van der Waals surface area contributed by atoms with Gasteiger partial charge in [-0.2, -0.15) is 0 Å². The lowest BCUT2D eigenvalue weighted by molar-refractivity contribution is -0.109. The van der Waals surface area contributed by atoms with Gasteiger partial charge in [-0.15, -0.1) is 11.3 Å². The van der Waals surface area contributed by atoms with E-state index in [1.165, 1.54) is 11.3 Å². The number of carbonyl (C=O) groups is 1. The van der Waals surface area contributed by atoms with Crippen LogP contribution in [0, 0.1) is 0 Å². The van der Waals surface area contributed by atoms with Gasteiger partial charge in [0, 0.05) is 11.6 Å². The summed E-state index contributed by atoms with van der Waals surface area (Å²) in [6.45, 7) is 0. The smallest absolute Gasteiger partial charge is 0.225 e. The molecule has 1 aromatic rings. The first-order valence-electron chi connectivity index (χ1n) is 2.28. The molecule has 9 heavy (non-hydrogen) atoms. The van der Waals surface area contributed by atoms with Crippen molar-refractivity contribution in [3.63, 3.8) is 0 Å². The Balaban J connectivity index is 2.38. The third-order valence-corrected chi connectivity index (χ3v) is 1.36. The number of amides is 1. The molecular formula is C4H5N3OS. The van der Waals surface area contributed by atoms with Gasteiger partial charge in [0.05, 0.1) is 0 Å². The molecule has 5 heteroatoms. The fourth-order valence-electron chi connectivity index (χ4n) is 0.376. The predicted octanol–water partition coefficient (Wildman–Crippen LogP) is 0.216. The maximum atomic E-state index is 9.70. The van der Waals surface area contributed by atoms with Crippen molar-refractivity contribution in [2.75, 3.05) is 5.43 Å². The maximum Gasteiger partial charge on any atom is 0.225 e. The first-order valence-corrected chi connectivity index (χ1v) is 3.16. The summed E-state index contributed by atoms with van der Waals surface area (Å²) in [6.07, 6.45) is 2.21. The van der Waals surface area contributed by atoms with Crippen LogP contribution in [-0.4, -0.2) is 11.4 Å². The number of carbonyl (C=O) groups excluding carboxylic acids is 1. The fraction of sp³-hybridized carbons (Fsp3) is 0. The molecule has 0 saturated carbocycles. The zero-order chi connectivity index (χ0) is 6.53. The predicted molar refractivity (Wildman–Crippen MR) is 34.9 cm³/mol. The molecule has 1 aromatic heterocycles. The average molecular weight is 143 g/mol.